The lowest BCUT2D eigenvalue weighted by atomic mass is 10.1. The predicted octanol–water partition coefficient (Wildman–Crippen LogP) is 2.73. The third-order valence-electron chi connectivity index (χ3n) is 3.96. The molecule has 1 aromatic carbocycles. The maximum Gasteiger partial charge on any atom is 0.218 e. The van der Waals surface area contributed by atoms with Crippen LogP contribution in [0.25, 0.3) is 0 Å². The Kier molecular flexibility index (Phi) is 5.29. The van der Waals surface area contributed by atoms with Gasteiger partial charge in [-0.1, -0.05) is 0 Å². The number of hydrogen-bond acceptors (Lipinski definition) is 4. The van der Waals surface area contributed by atoms with Gasteiger partial charge in [-0.2, -0.15) is 4.31 Å². The zero-order valence-corrected chi connectivity index (χ0v) is 14.3. The number of benzene rings is 1. The van der Waals surface area contributed by atoms with Crippen LogP contribution in [0.5, 0.6) is 5.75 Å². The minimum absolute atomic E-state index is 0.0923. The van der Waals surface area contributed by atoms with Crippen molar-refractivity contribution in [2.45, 2.75) is 24.7 Å². The number of nitrogens with zero attached hydrogens (tertiary/aromatic N) is 2. The van der Waals surface area contributed by atoms with Gasteiger partial charge in [0.15, 0.2) is 0 Å². The minimum atomic E-state index is -3.69. The Morgan fingerprint density at radius 2 is 1.84 bits per heavy atom. The van der Waals surface area contributed by atoms with Crippen molar-refractivity contribution >= 4 is 10.0 Å². The molecule has 8 heteroatoms. The van der Waals surface area contributed by atoms with Crippen molar-refractivity contribution in [2.24, 2.45) is 0 Å². The summed E-state index contributed by atoms with van der Waals surface area (Å²) in [5.41, 5.74) is 0.0923. The molecule has 0 N–H and O–H groups in total. The molecule has 1 fully saturated rings. The van der Waals surface area contributed by atoms with E-state index >= 15 is 0 Å². The second-order valence-electron chi connectivity index (χ2n) is 5.96. The summed E-state index contributed by atoms with van der Waals surface area (Å²) in [4.78, 5) is 3.91. The average molecular weight is 368 g/mol. The molecule has 0 aliphatic carbocycles. The maximum absolute atomic E-state index is 13.3. The number of sulfonamides is 1. The summed E-state index contributed by atoms with van der Waals surface area (Å²) in [5, 5.41) is 0. The Balaban J connectivity index is 1.69. The summed E-state index contributed by atoms with van der Waals surface area (Å²) in [6, 6.07) is 6.21. The normalized spacial score (nSPS) is 18.9. The number of piperidine rings is 1. The second-order valence-corrected chi connectivity index (χ2v) is 7.93. The van der Waals surface area contributed by atoms with Crippen molar-refractivity contribution in [3.8, 4) is 5.75 Å². The molecule has 5 nitrogen and oxygen atoms in total. The SMILES string of the molecule is O=S(=O)(Cc1cc(F)cc(F)c1)N1CCCC(Oc2ccncc2)C1. The molecular formula is C17H18F2N2O3S. The van der Waals surface area contributed by atoms with Crippen LogP contribution in [0.4, 0.5) is 8.78 Å². The molecule has 1 unspecified atom stereocenters. The highest BCUT2D eigenvalue weighted by Gasteiger charge is 2.30. The fraction of sp³-hybridized carbons (Fsp3) is 0.353. The molecule has 1 aromatic heterocycles. The van der Waals surface area contributed by atoms with Crippen LogP contribution in [0.3, 0.4) is 0 Å². The molecule has 1 aliphatic heterocycles. The lowest BCUT2D eigenvalue weighted by molar-refractivity contribution is 0.129. The van der Waals surface area contributed by atoms with Gasteiger partial charge in [0.05, 0.1) is 12.3 Å². The first kappa shape index (κ1) is 17.8. The van der Waals surface area contributed by atoms with E-state index in [-0.39, 0.29) is 18.2 Å². The van der Waals surface area contributed by atoms with Gasteiger partial charge in [-0.05, 0) is 42.7 Å². The van der Waals surface area contributed by atoms with E-state index in [1.54, 1.807) is 24.5 Å². The van der Waals surface area contributed by atoms with Gasteiger partial charge in [-0.15, -0.1) is 0 Å². The van der Waals surface area contributed by atoms with Crippen LogP contribution in [-0.2, 0) is 15.8 Å². The first-order chi connectivity index (χ1) is 11.9. The van der Waals surface area contributed by atoms with E-state index in [1.165, 1.54) is 4.31 Å². The molecule has 2 aromatic rings. The van der Waals surface area contributed by atoms with Crippen molar-refractivity contribution in [1.82, 2.24) is 9.29 Å². The number of aromatic nitrogens is 1. The Hall–Kier alpha value is -2.06. The molecule has 1 saturated heterocycles. The second kappa shape index (κ2) is 7.45. The third-order valence-corrected chi connectivity index (χ3v) is 5.77. The Labute approximate surface area is 145 Å². The number of halogens is 2. The van der Waals surface area contributed by atoms with E-state index in [4.69, 9.17) is 4.74 Å². The van der Waals surface area contributed by atoms with E-state index in [9.17, 15) is 17.2 Å². The molecule has 0 amide bonds. The van der Waals surface area contributed by atoms with Crippen LogP contribution in [0.2, 0.25) is 0 Å². The van der Waals surface area contributed by atoms with Crippen LogP contribution in [-0.4, -0.2) is 36.9 Å². The Morgan fingerprint density at radius 1 is 1.16 bits per heavy atom. The minimum Gasteiger partial charge on any atom is -0.489 e. The predicted molar refractivity (Wildman–Crippen MR) is 88.4 cm³/mol. The molecule has 0 saturated carbocycles. The summed E-state index contributed by atoms with van der Waals surface area (Å²) in [6.45, 7) is 0.582. The lowest BCUT2D eigenvalue weighted by Crippen LogP contribution is -2.44. The number of rotatable bonds is 5. The average Bonchev–Trinajstić information content (AvgIpc) is 2.54. The van der Waals surface area contributed by atoms with E-state index < -0.39 is 27.4 Å². The third kappa shape index (κ3) is 4.73. The lowest BCUT2D eigenvalue weighted by Gasteiger charge is -2.32. The molecule has 3 rings (SSSR count). The number of ether oxygens (including phenoxy) is 1. The van der Waals surface area contributed by atoms with Gasteiger partial charge >= 0.3 is 0 Å². The molecular weight excluding hydrogens is 350 g/mol. The molecule has 1 atom stereocenters. The number of pyridine rings is 1. The first-order valence-corrected chi connectivity index (χ1v) is 9.53. The van der Waals surface area contributed by atoms with Gasteiger partial charge in [-0.3, -0.25) is 4.98 Å². The highest BCUT2D eigenvalue weighted by atomic mass is 32.2. The summed E-state index contributed by atoms with van der Waals surface area (Å²) >= 11 is 0. The van der Waals surface area contributed by atoms with Crippen molar-refractivity contribution in [1.29, 1.82) is 0 Å². The van der Waals surface area contributed by atoms with Crippen LogP contribution in [0.1, 0.15) is 18.4 Å². The molecule has 1 aliphatic rings. The maximum atomic E-state index is 13.3. The van der Waals surface area contributed by atoms with E-state index in [0.717, 1.165) is 24.6 Å². The van der Waals surface area contributed by atoms with Gasteiger partial charge in [0.1, 0.15) is 23.5 Å². The molecule has 134 valence electrons. The van der Waals surface area contributed by atoms with Gasteiger partial charge in [-0.25, -0.2) is 17.2 Å². The first-order valence-electron chi connectivity index (χ1n) is 7.92. The molecule has 25 heavy (non-hydrogen) atoms. The topological polar surface area (TPSA) is 59.5 Å². The van der Waals surface area contributed by atoms with Crippen LogP contribution >= 0.6 is 0 Å². The highest BCUT2D eigenvalue weighted by Crippen LogP contribution is 2.22. The monoisotopic (exact) mass is 368 g/mol. The van der Waals surface area contributed by atoms with Gasteiger partial charge in [0.2, 0.25) is 10.0 Å². The van der Waals surface area contributed by atoms with Gasteiger partial charge < -0.3 is 4.74 Å². The van der Waals surface area contributed by atoms with Gasteiger partial charge in [0.25, 0.3) is 0 Å². The molecule has 0 spiro atoms. The van der Waals surface area contributed by atoms with E-state index in [2.05, 4.69) is 4.98 Å². The van der Waals surface area contributed by atoms with Crippen molar-refractivity contribution in [2.75, 3.05) is 13.1 Å². The largest absolute Gasteiger partial charge is 0.489 e. The van der Waals surface area contributed by atoms with E-state index in [0.29, 0.717) is 18.7 Å². The summed E-state index contributed by atoms with van der Waals surface area (Å²) < 4.78 is 58.9. The summed E-state index contributed by atoms with van der Waals surface area (Å²) in [6.07, 6.45) is 4.33. The Morgan fingerprint density at radius 3 is 2.52 bits per heavy atom. The fourth-order valence-corrected chi connectivity index (χ4v) is 4.43. The van der Waals surface area contributed by atoms with Crippen LogP contribution in [0, 0.1) is 11.6 Å². The summed E-state index contributed by atoms with van der Waals surface area (Å²) in [7, 11) is -3.69. The number of hydrogen-bond donors (Lipinski definition) is 0. The van der Waals surface area contributed by atoms with Crippen molar-refractivity contribution in [3.63, 3.8) is 0 Å². The fourth-order valence-electron chi connectivity index (χ4n) is 2.86. The van der Waals surface area contributed by atoms with Crippen molar-refractivity contribution < 1.29 is 21.9 Å². The van der Waals surface area contributed by atoms with Gasteiger partial charge in [0, 0.05) is 25.0 Å². The Bertz CT molecular complexity index is 811. The quantitative estimate of drug-likeness (QED) is 0.814. The molecule has 0 bridgehead atoms. The zero-order chi connectivity index (χ0) is 17.9. The molecule has 2 heterocycles. The van der Waals surface area contributed by atoms with Crippen LogP contribution < -0.4 is 4.74 Å². The highest BCUT2D eigenvalue weighted by molar-refractivity contribution is 7.88. The molecule has 0 radical (unpaired) electrons. The standard InChI is InChI=1S/C17H18F2N2O3S/c18-14-8-13(9-15(19)10-14)12-25(22,23)21-7-1-2-17(11-21)24-16-3-5-20-6-4-16/h3-6,8-10,17H,1-2,7,11-12H2. The van der Waals surface area contributed by atoms with Crippen LogP contribution in [0.15, 0.2) is 42.7 Å². The van der Waals surface area contributed by atoms with Crippen molar-refractivity contribution in [3.05, 3.63) is 59.9 Å². The van der Waals surface area contributed by atoms with E-state index in [1.807, 2.05) is 0 Å². The smallest absolute Gasteiger partial charge is 0.218 e. The summed E-state index contributed by atoms with van der Waals surface area (Å²) in [5.74, 6) is -1.39. The zero-order valence-electron chi connectivity index (χ0n) is 13.4.